The van der Waals surface area contributed by atoms with Crippen LogP contribution in [0.3, 0.4) is 0 Å². The molecule has 6 heteroatoms. The van der Waals surface area contributed by atoms with Crippen LogP contribution >= 0.6 is 0 Å². The fourth-order valence-electron chi connectivity index (χ4n) is 2.33. The maximum Gasteiger partial charge on any atom is 0.240 e. The Morgan fingerprint density at radius 2 is 2.10 bits per heavy atom. The molecule has 1 fully saturated rings. The second kappa shape index (κ2) is 6.84. The standard InChI is InChI=1S/C14H19N3O2S/c15-9-7-12-3-5-14(6-4-12)20(18,19)17-11-8-13-2-1-10-16-13/h3-6,13,16-17H,1-2,7-8,10-11H2. The van der Waals surface area contributed by atoms with Gasteiger partial charge in [0.05, 0.1) is 17.4 Å². The molecule has 1 aliphatic heterocycles. The number of nitrogens with zero attached hydrogens (tertiary/aromatic N) is 1. The highest BCUT2D eigenvalue weighted by Crippen LogP contribution is 2.12. The minimum Gasteiger partial charge on any atom is -0.314 e. The second-order valence-corrected chi connectivity index (χ2v) is 6.73. The maximum absolute atomic E-state index is 12.1. The molecule has 5 nitrogen and oxygen atoms in total. The van der Waals surface area contributed by atoms with Crippen LogP contribution in [0.1, 0.15) is 24.8 Å². The van der Waals surface area contributed by atoms with Crippen LogP contribution in [0.2, 0.25) is 0 Å². The summed E-state index contributed by atoms with van der Waals surface area (Å²) in [6.45, 7) is 1.47. The molecule has 1 aromatic rings. The van der Waals surface area contributed by atoms with Gasteiger partial charge in [-0.2, -0.15) is 5.26 Å². The Balaban J connectivity index is 1.90. The van der Waals surface area contributed by atoms with Gasteiger partial charge in [-0.3, -0.25) is 0 Å². The predicted molar refractivity (Wildman–Crippen MR) is 76.6 cm³/mol. The number of nitriles is 1. The topological polar surface area (TPSA) is 82.0 Å². The molecule has 0 aromatic heterocycles. The SMILES string of the molecule is N#CCc1ccc(S(=O)(=O)NCCC2CCCN2)cc1. The van der Waals surface area contributed by atoms with E-state index in [4.69, 9.17) is 5.26 Å². The van der Waals surface area contributed by atoms with Crippen molar-refractivity contribution in [3.63, 3.8) is 0 Å². The Morgan fingerprint density at radius 1 is 1.35 bits per heavy atom. The van der Waals surface area contributed by atoms with E-state index in [0.29, 0.717) is 19.0 Å². The van der Waals surface area contributed by atoms with E-state index in [2.05, 4.69) is 10.0 Å². The zero-order chi connectivity index (χ0) is 14.4. The van der Waals surface area contributed by atoms with Gasteiger partial charge >= 0.3 is 0 Å². The van der Waals surface area contributed by atoms with Crippen molar-refractivity contribution in [3.8, 4) is 6.07 Å². The Bertz CT molecular complexity index is 569. The van der Waals surface area contributed by atoms with Gasteiger partial charge in [0, 0.05) is 12.6 Å². The van der Waals surface area contributed by atoms with Crippen molar-refractivity contribution in [1.29, 1.82) is 5.26 Å². The summed E-state index contributed by atoms with van der Waals surface area (Å²) < 4.78 is 26.8. The average Bonchev–Trinajstić information content (AvgIpc) is 2.93. The Labute approximate surface area is 120 Å². The van der Waals surface area contributed by atoms with Crippen molar-refractivity contribution in [2.45, 2.75) is 36.6 Å². The first kappa shape index (κ1) is 15.0. The molecule has 0 bridgehead atoms. The van der Waals surface area contributed by atoms with Crippen LogP contribution in [-0.4, -0.2) is 27.5 Å². The highest BCUT2D eigenvalue weighted by atomic mass is 32.2. The lowest BCUT2D eigenvalue weighted by atomic mass is 10.2. The molecule has 1 aromatic carbocycles. The molecule has 108 valence electrons. The van der Waals surface area contributed by atoms with Crippen molar-refractivity contribution in [2.75, 3.05) is 13.1 Å². The summed E-state index contributed by atoms with van der Waals surface area (Å²) in [5.74, 6) is 0. The summed E-state index contributed by atoms with van der Waals surface area (Å²) in [6.07, 6.45) is 3.38. The quantitative estimate of drug-likeness (QED) is 0.825. The van der Waals surface area contributed by atoms with Crippen molar-refractivity contribution in [1.82, 2.24) is 10.0 Å². The van der Waals surface area contributed by atoms with Gasteiger partial charge in [0.15, 0.2) is 0 Å². The highest BCUT2D eigenvalue weighted by Gasteiger charge is 2.17. The summed E-state index contributed by atoms with van der Waals surface area (Å²) in [7, 11) is -3.44. The van der Waals surface area contributed by atoms with Crippen molar-refractivity contribution in [2.24, 2.45) is 0 Å². The zero-order valence-corrected chi connectivity index (χ0v) is 12.1. The molecule has 0 radical (unpaired) electrons. The first-order valence-electron chi connectivity index (χ1n) is 6.81. The van der Waals surface area contributed by atoms with Gasteiger partial charge in [0.1, 0.15) is 0 Å². The molecule has 1 heterocycles. The smallest absolute Gasteiger partial charge is 0.240 e. The molecule has 1 atom stereocenters. The summed E-state index contributed by atoms with van der Waals surface area (Å²) in [5.41, 5.74) is 0.821. The van der Waals surface area contributed by atoms with Gasteiger partial charge < -0.3 is 5.32 Å². The minimum absolute atomic E-state index is 0.249. The number of hydrogen-bond donors (Lipinski definition) is 2. The van der Waals surface area contributed by atoms with Gasteiger partial charge in [-0.1, -0.05) is 12.1 Å². The third kappa shape index (κ3) is 4.04. The van der Waals surface area contributed by atoms with Gasteiger partial charge in [-0.25, -0.2) is 13.1 Å². The van der Waals surface area contributed by atoms with Gasteiger partial charge in [0.2, 0.25) is 10.0 Å². The van der Waals surface area contributed by atoms with Crippen LogP contribution in [0.4, 0.5) is 0 Å². The lowest BCUT2D eigenvalue weighted by molar-refractivity contribution is 0.539. The van der Waals surface area contributed by atoms with E-state index < -0.39 is 10.0 Å². The highest BCUT2D eigenvalue weighted by molar-refractivity contribution is 7.89. The van der Waals surface area contributed by atoms with E-state index in [1.54, 1.807) is 24.3 Å². The van der Waals surface area contributed by atoms with Crippen LogP contribution < -0.4 is 10.0 Å². The van der Waals surface area contributed by atoms with E-state index in [1.807, 2.05) is 6.07 Å². The Kier molecular flexibility index (Phi) is 5.12. The first-order chi connectivity index (χ1) is 9.62. The van der Waals surface area contributed by atoms with E-state index in [-0.39, 0.29) is 4.90 Å². The van der Waals surface area contributed by atoms with Crippen LogP contribution in [-0.2, 0) is 16.4 Å². The van der Waals surface area contributed by atoms with Crippen LogP contribution in [0.5, 0.6) is 0 Å². The molecule has 0 saturated carbocycles. The van der Waals surface area contributed by atoms with Crippen molar-refractivity contribution >= 4 is 10.0 Å². The Hall–Kier alpha value is -1.42. The van der Waals surface area contributed by atoms with E-state index >= 15 is 0 Å². The number of benzene rings is 1. The molecule has 0 aliphatic carbocycles. The molecule has 20 heavy (non-hydrogen) atoms. The first-order valence-corrected chi connectivity index (χ1v) is 8.29. The predicted octanol–water partition coefficient (Wildman–Crippen LogP) is 1.17. The fraction of sp³-hybridized carbons (Fsp3) is 0.500. The average molecular weight is 293 g/mol. The van der Waals surface area contributed by atoms with Gasteiger partial charge in [0.25, 0.3) is 0 Å². The van der Waals surface area contributed by atoms with Crippen molar-refractivity contribution in [3.05, 3.63) is 29.8 Å². The van der Waals surface area contributed by atoms with E-state index in [9.17, 15) is 8.42 Å². The molecule has 2 N–H and O–H groups in total. The van der Waals surface area contributed by atoms with Crippen molar-refractivity contribution < 1.29 is 8.42 Å². The third-order valence-electron chi connectivity index (χ3n) is 3.46. The summed E-state index contributed by atoms with van der Waals surface area (Å²) in [6, 6.07) is 8.91. The van der Waals surface area contributed by atoms with Crippen LogP contribution in [0.25, 0.3) is 0 Å². The molecule has 1 unspecified atom stereocenters. The summed E-state index contributed by atoms with van der Waals surface area (Å²) in [5, 5.41) is 11.9. The molecule has 1 saturated heterocycles. The molecule has 1 aliphatic rings. The number of nitrogens with one attached hydrogen (secondary N) is 2. The molecular weight excluding hydrogens is 274 g/mol. The van der Waals surface area contributed by atoms with E-state index in [1.165, 1.54) is 0 Å². The molecule has 2 rings (SSSR count). The fourth-order valence-corrected chi connectivity index (χ4v) is 3.38. The normalized spacial score (nSPS) is 18.9. The van der Waals surface area contributed by atoms with Crippen LogP contribution in [0, 0.1) is 11.3 Å². The number of sulfonamides is 1. The Morgan fingerprint density at radius 3 is 2.70 bits per heavy atom. The van der Waals surface area contributed by atoms with Gasteiger partial charge in [-0.15, -0.1) is 0 Å². The largest absolute Gasteiger partial charge is 0.314 e. The number of hydrogen-bond acceptors (Lipinski definition) is 4. The molecule has 0 amide bonds. The third-order valence-corrected chi connectivity index (χ3v) is 4.94. The second-order valence-electron chi connectivity index (χ2n) is 4.96. The summed E-state index contributed by atoms with van der Waals surface area (Å²) >= 11 is 0. The lowest BCUT2D eigenvalue weighted by Crippen LogP contribution is -2.30. The monoisotopic (exact) mass is 293 g/mol. The summed E-state index contributed by atoms with van der Waals surface area (Å²) in [4.78, 5) is 0.249. The zero-order valence-electron chi connectivity index (χ0n) is 11.3. The minimum atomic E-state index is -3.44. The number of rotatable bonds is 6. The maximum atomic E-state index is 12.1. The van der Waals surface area contributed by atoms with Crippen LogP contribution in [0.15, 0.2) is 29.2 Å². The van der Waals surface area contributed by atoms with E-state index in [0.717, 1.165) is 31.4 Å². The van der Waals surface area contributed by atoms with Gasteiger partial charge in [-0.05, 0) is 43.5 Å². The lowest BCUT2D eigenvalue weighted by Gasteiger charge is -2.11. The molecule has 0 spiro atoms. The molecular formula is C14H19N3O2S.